The summed E-state index contributed by atoms with van der Waals surface area (Å²) in [7, 11) is 0. The number of rotatable bonds is 11. The van der Waals surface area contributed by atoms with Crippen molar-refractivity contribution in [1.29, 1.82) is 0 Å². The molecule has 4 aromatic rings. The molecule has 8 heterocycles. The summed E-state index contributed by atoms with van der Waals surface area (Å²) in [5.74, 6) is -0.0199. The smallest absolute Gasteiger partial charge is 0.382 e. The maximum Gasteiger partial charge on any atom is 0.383 e. The van der Waals surface area contributed by atoms with E-state index in [0.717, 1.165) is 0 Å². The molecule has 10 atom stereocenters. The van der Waals surface area contributed by atoms with Crippen molar-refractivity contribution in [2.24, 2.45) is 5.92 Å². The molecule has 24 heteroatoms. The topological polar surface area (TPSA) is 261 Å². The molecule has 0 spiro atoms. The normalized spacial score (nSPS) is 35.0. The van der Waals surface area contributed by atoms with Gasteiger partial charge in [0.15, 0.2) is 35.4 Å². The summed E-state index contributed by atoms with van der Waals surface area (Å²) in [4.78, 5) is 46.3. The average molecular weight is 743 g/mol. The number of fused-ring (bicyclic) bond motifs is 6. The van der Waals surface area contributed by atoms with Crippen molar-refractivity contribution in [3.63, 3.8) is 0 Å². The van der Waals surface area contributed by atoms with Gasteiger partial charge in [0.25, 0.3) is 0 Å². The van der Waals surface area contributed by atoms with Crippen LogP contribution in [0.25, 0.3) is 22.3 Å². The SMILES string of the molecule is C=C[C@H]1[C@H]2OC[C@]1(COP(O)(=S)O[C@H]1[C@H]3OC[C@]1(COP(=O)(O)S)O[C@H]3n1cnc3c(N)ncnc31)O[C@H]2n1cnc2c(N)ncnc21. The van der Waals surface area contributed by atoms with E-state index in [0.29, 0.717) is 22.3 Å². The maximum atomic E-state index is 12.0. The second kappa shape index (κ2) is 11.4. The highest BCUT2D eigenvalue weighted by atomic mass is 32.7. The van der Waals surface area contributed by atoms with Crippen LogP contribution in [0.4, 0.5) is 11.6 Å². The zero-order valence-electron chi connectivity index (χ0n) is 24.5. The average Bonchev–Trinajstić information content (AvgIpc) is 3.88. The van der Waals surface area contributed by atoms with Crippen LogP contribution in [0.5, 0.6) is 0 Å². The molecule has 4 aromatic heterocycles. The molecular formula is C24H28N10O10P2S2. The molecule has 8 rings (SSSR count). The van der Waals surface area contributed by atoms with Crippen molar-refractivity contribution in [1.82, 2.24) is 39.0 Å². The third kappa shape index (κ3) is 5.18. The molecule has 4 aliphatic rings. The molecule has 48 heavy (non-hydrogen) atoms. The predicted octanol–water partition coefficient (Wildman–Crippen LogP) is 0.631. The van der Waals surface area contributed by atoms with Crippen LogP contribution >= 0.6 is 25.8 Å². The summed E-state index contributed by atoms with van der Waals surface area (Å²) in [6.45, 7) is -5.21. The van der Waals surface area contributed by atoms with Crippen molar-refractivity contribution in [3.05, 3.63) is 38.0 Å². The lowest BCUT2D eigenvalue weighted by Gasteiger charge is -2.34. The third-order valence-electron chi connectivity index (χ3n) is 8.86. The van der Waals surface area contributed by atoms with Gasteiger partial charge in [0, 0.05) is 5.92 Å². The zero-order valence-corrected chi connectivity index (χ0v) is 28.0. The predicted molar refractivity (Wildman–Crippen MR) is 170 cm³/mol. The molecule has 20 nitrogen and oxygen atoms in total. The Kier molecular flexibility index (Phi) is 7.74. The minimum absolute atomic E-state index is 0.106. The highest BCUT2D eigenvalue weighted by molar-refractivity contribution is 8.44. The van der Waals surface area contributed by atoms with Gasteiger partial charge in [0.05, 0.1) is 39.1 Å². The number of nitrogens with two attached hydrogens (primary N) is 2. The Morgan fingerprint density at radius 2 is 1.48 bits per heavy atom. The molecule has 6 N–H and O–H groups in total. The summed E-state index contributed by atoms with van der Waals surface area (Å²) >= 11 is 9.11. The maximum absolute atomic E-state index is 12.0. The van der Waals surface area contributed by atoms with Crippen molar-refractivity contribution in [3.8, 4) is 0 Å². The van der Waals surface area contributed by atoms with Crippen LogP contribution in [0, 0.1) is 5.92 Å². The van der Waals surface area contributed by atoms with Gasteiger partial charge >= 0.3 is 13.5 Å². The summed E-state index contributed by atoms with van der Waals surface area (Å²) in [6.07, 6.45) is 3.05. The zero-order chi connectivity index (χ0) is 33.6. The second-order valence-corrected chi connectivity index (χ2v) is 17.2. The van der Waals surface area contributed by atoms with Gasteiger partial charge in [-0.2, -0.15) is 0 Å². The van der Waals surface area contributed by atoms with Gasteiger partial charge in [-0.15, -0.1) is 6.58 Å². The number of ether oxygens (including phenoxy) is 4. The molecule has 0 radical (unpaired) electrons. The fourth-order valence-corrected chi connectivity index (χ4v) is 8.74. The molecule has 0 aromatic carbocycles. The summed E-state index contributed by atoms with van der Waals surface area (Å²) < 4.78 is 57.4. The first-order valence-electron chi connectivity index (χ1n) is 14.3. The molecule has 4 fully saturated rings. The van der Waals surface area contributed by atoms with Gasteiger partial charge < -0.3 is 44.7 Å². The van der Waals surface area contributed by atoms with Gasteiger partial charge in [0.2, 0.25) is 0 Å². The van der Waals surface area contributed by atoms with E-state index in [2.05, 4.69) is 48.7 Å². The minimum Gasteiger partial charge on any atom is -0.382 e. The number of nitrogens with zero attached hydrogens (tertiary/aromatic N) is 8. The van der Waals surface area contributed by atoms with E-state index in [1.54, 1.807) is 15.2 Å². The Morgan fingerprint density at radius 1 is 0.938 bits per heavy atom. The number of hydrogen-bond acceptors (Lipinski definition) is 17. The van der Waals surface area contributed by atoms with E-state index in [1.165, 1.54) is 25.3 Å². The molecule has 0 amide bonds. The van der Waals surface area contributed by atoms with Crippen LogP contribution in [0.15, 0.2) is 38.0 Å². The van der Waals surface area contributed by atoms with E-state index in [1.807, 2.05) is 0 Å². The van der Waals surface area contributed by atoms with E-state index in [4.69, 9.17) is 55.8 Å². The Morgan fingerprint density at radius 3 is 2.08 bits per heavy atom. The number of anilines is 2. The highest BCUT2D eigenvalue weighted by Crippen LogP contribution is 2.59. The molecule has 2 unspecified atom stereocenters. The van der Waals surface area contributed by atoms with Crippen LogP contribution in [-0.4, -0.2) is 105 Å². The molecule has 4 aliphatic heterocycles. The summed E-state index contributed by atoms with van der Waals surface area (Å²) in [6, 6.07) is 0. The Labute approximate surface area is 280 Å². The largest absolute Gasteiger partial charge is 0.383 e. The molecule has 4 bridgehead atoms. The lowest BCUT2D eigenvalue weighted by molar-refractivity contribution is -0.184. The van der Waals surface area contributed by atoms with Crippen LogP contribution in [0.1, 0.15) is 12.5 Å². The van der Waals surface area contributed by atoms with Gasteiger partial charge in [-0.05, 0) is 11.8 Å². The Hall–Kier alpha value is -2.69. The van der Waals surface area contributed by atoms with Crippen molar-refractivity contribution in [2.75, 3.05) is 37.9 Å². The number of thiol groups is 1. The molecule has 256 valence electrons. The molecule has 4 saturated heterocycles. The minimum atomic E-state index is -4.27. The lowest BCUT2D eigenvalue weighted by Crippen LogP contribution is -2.46. The summed E-state index contributed by atoms with van der Waals surface area (Å²) in [5.41, 5.74) is 10.8. The molecule has 0 saturated carbocycles. The quantitative estimate of drug-likeness (QED) is 0.0802. The van der Waals surface area contributed by atoms with Gasteiger partial charge in [-0.3, -0.25) is 18.2 Å². The monoisotopic (exact) mass is 742 g/mol. The lowest BCUT2D eigenvalue weighted by atomic mass is 9.89. The van der Waals surface area contributed by atoms with E-state index in [-0.39, 0.29) is 37.4 Å². The molecule has 0 aliphatic carbocycles. The van der Waals surface area contributed by atoms with E-state index < -0.39 is 62.1 Å². The third-order valence-corrected chi connectivity index (χ3v) is 11.2. The van der Waals surface area contributed by atoms with Crippen molar-refractivity contribution >= 4 is 71.5 Å². The van der Waals surface area contributed by atoms with Crippen LogP contribution in [0.2, 0.25) is 0 Å². The van der Waals surface area contributed by atoms with Crippen LogP contribution in [-0.2, 0) is 48.9 Å². The fourth-order valence-electron chi connectivity index (χ4n) is 6.70. The number of nitrogen functional groups attached to an aromatic ring is 2. The molecular weight excluding hydrogens is 714 g/mol. The van der Waals surface area contributed by atoms with Gasteiger partial charge in [0.1, 0.15) is 53.2 Å². The number of imidazole rings is 2. The highest BCUT2D eigenvalue weighted by Gasteiger charge is 2.66. The van der Waals surface area contributed by atoms with Crippen LogP contribution < -0.4 is 11.5 Å². The number of aromatic nitrogens is 8. The first-order valence-corrected chi connectivity index (χ1v) is 19.6. The summed E-state index contributed by atoms with van der Waals surface area (Å²) in [5, 5.41) is 0. The van der Waals surface area contributed by atoms with E-state index >= 15 is 0 Å². The Bertz CT molecular complexity index is 2030. The van der Waals surface area contributed by atoms with Gasteiger partial charge in [-0.1, -0.05) is 18.3 Å². The first-order chi connectivity index (χ1) is 22.8. The van der Waals surface area contributed by atoms with Crippen molar-refractivity contribution in [2.45, 2.75) is 42.0 Å². The van der Waals surface area contributed by atoms with Crippen molar-refractivity contribution < 1.29 is 46.9 Å². The Balaban J connectivity index is 1.04. The number of hydrogen-bond donors (Lipinski definition) is 5. The second-order valence-electron chi connectivity index (χ2n) is 11.7. The van der Waals surface area contributed by atoms with Crippen LogP contribution in [0.3, 0.4) is 0 Å². The first kappa shape index (κ1) is 32.5. The van der Waals surface area contributed by atoms with Gasteiger partial charge in [-0.25, -0.2) is 34.5 Å². The fraction of sp³-hybridized carbons (Fsp3) is 0.500. The van der Waals surface area contributed by atoms with E-state index in [9.17, 15) is 14.4 Å². The standard InChI is InChI=1S/C24H28N10O10P2S2/c1-2-11-14-21(33-9-31-12-17(25)27-7-29-19(12)33)42-23(11,3-38-14)5-41-46(37,48)44-16-15-22(34-10-32-13-18(26)28-8-30-20(13)34)43-24(16,4-39-15)6-40-45(35,36)47/h2,7-11,14-16,21-22H,1,3-6H2,(H,37,48)(H2,25,27,29)(H2,26,28,30)(H2,35,36,47)/t11-,14+,15+,16-,21+,22+,23+,24+,46?/m0/s1.